The van der Waals surface area contributed by atoms with E-state index in [1.165, 1.54) is 12.3 Å². The average Bonchev–Trinajstić information content (AvgIpc) is 2.80. The van der Waals surface area contributed by atoms with Gasteiger partial charge < -0.3 is 21.3 Å². The number of hydrogen-bond acceptors (Lipinski definition) is 4. The largest absolute Gasteiger partial charge is 0.370 e. The van der Waals surface area contributed by atoms with E-state index in [2.05, 4.69) is 20.6 Å². The first kappa shape index (κ1) is 23.1. The zero-order chi connectivity index (χ0) is 23.3. The zero-order valence-corrected chi connectivity index (χ0v) is 18.8. The highest BCUT2D eigenvalue weighted by molar-refractivity contribution is 6.31. The number of benzene rings is 2. The van der Waals surface area contributed by atoms with E-state index in [-0.39, 0.29) is 5.56 Å². The van der Waals surface area contributed by atoms with Crippen molar-refractivity contribution in [2.75, 3.05) is 29.6 Å². The van der Waals surface area contributed by atoms with Gasteiger partial charge in [0.25, 0.3) is 11.8 Å². The molecule has 2 aromatic carbocycles. The van der Waals surface area contributed by atoms with E-state index in [4.69, 9.17) is 28.9 Å². The summed E-state index contributed by atoms with van der Waals surface area (Å²) in [4.78, 5) is 35.2. The van der Waals surface area contributed by atoms with Gasteiger partial charge in [-0.15, -0.1) is 0 Å². The third-order valence-corrected chi connectivity index (χ3v) is 4.99. The highest BCUT2D eigenvalue weighted by Crippen LogP contribution is 2.23. The lowest BCUT2D eigenvalue weighted by atomic mass is 10.1. The Kier molecular flexibility index (Phi) is 7.29. The van der Waals surface area contributed by atoms with E-state index >= 15 is 0 Å². The second-order valence-electron chi connectivity index (χ2n) is 6.65. The monoisotopic (exact) mass is 470 g/mol. The normalized spacial score (nSPS) is 11.1. The van der Waals surface area contributed by atoms with Gasteiger partial charge in [0, 0.05) is 36.6 Å². The molecular formula is C22H20Cl2N6O2. The Morgan fingerprint density at radius 1 is 0.969 bits per heavy atom. The quantitative estimate of drug-likeness (QED) is 0.380. The second-order valence-corrected chi connectivity index (χ2v) is 7.52. The van der Waals surface area contributed by atoms with E-state index in [9.17, 15) is 9.59 Å². The average molecular weight is 471 g/mol. The molecule has 0 atom stereocenters. The van der Waals surface area contributed by atoms with Crippen LogP contribution >= 0.6 is 23.2 Å². The maximum atomic E-state index is 12.8. The molecule has 2 amide bonds. The van der Waals surface area contributed by atoms with Crippen molar-refractivity contribution in [3.63, 3.8) is 0 Å². The predicted octanol–water partition coefficient (Wildman–Crippen LogP) is 4.27. The lowest BCUT2D eigenvalue weighted by molar-refractivity contribution is 0.102. The van der Waals surface area contributed by atoms with Crippen LogP contribution in [-0.4, -0.2) is 36.9 Å². The molecular weight excluding hydrogens is 451 g/mol. The number of nitrogens with one attached hydrogen (secondary N) is 2. The van der Waals surface area contributed by atoms with Crippen LogP contribution in [0.4, 0.5) is 17.2 Å². The maximum absolute atomic E-state index is 12.8. The molecule has 0 aliphatic heterocycles. The van der Waals surface area contributed by atoms with Crippen molar-refractivity contribution in [2.24, 2.45) is 10.7 Å². The first-order chi connectivity index (χ1) is 15.3. The predicted molar refractivity (Wildman–Crippen MR) is 129 cm³/mol. The molecule has 8 nitrogen and oxygen atoms in total. The SMILES string of the molecule is CN=C(N)N(C)c1ccc(C(=O)Nc2ccc(Cl)cc2C(=O)Nc2ccc(Cl)cn2)cc1. The fraction of sp³-hybridized carbons (Fsp3) is 0.0909. The highest BCUT2D eigenvalue weighted by Gasteiger charge is 2.16. The first-order valence-electron chi connectivity index (χ1n) is 9.38. The fourth-order valence-electron chi connectivity index (χ4n) is 2.76. The van der Waals surface area contributed by atoms with Gasteiger partial charge in [-0.05, 0) is 54.6 Å². The van der Waals surface area contributed by atoms with Crippen LogP contribution in [0.3, 0.4) is 0 Å². The molecule has 0 radical (unpaired) electrons. The van der Waals surface area contributed by atoms with Crippen LogP contribution in [-0.2, 0) is 0 Å². The summed E-state index contributed by atoms with van der Waals surface area (Å²) >= 11 is 11.9. The van der Waals surface area contributed by atoms with E-state index in [1.54, 1.807) is 67.5 Å². The van der Waals surface area contributed by atoms with Gasteiger partial charge in [0.05, 0.1) is 16.3 Å². The lowest BCUT2D eigenvalue weighted by Crippen LogP contribution is -2.33. The van der Waals surface area contributed by atoms with Gasteiger partial charge in [0.2, 0.25) is 0 Å². The van der Waals surface area contributed by atoms with Crippen LogP contribution < -0.4 is 21.3 Å². The summed E-state index contributed by atoms with van der Waals surface area (Å²) in [5.41, 5.74) is 7.46. The molecule has 0 aliphatic carbocycles. The van der Waals surface area contributed by atoms with Crippen molar-refractivity contribution in [1.82, 2.24) is 4.98 Å². The number of nitrogens with zero attached hydrogens (tertiary/aromatic N) is 3. The van der Waals surface area contributed by atoms with Gasteiger partial charge in [-0.3, -0.25) is 14.6 Å². The van der Waals surface area contributed by atoms with Crippen molar-refractivity contribution in [3.05, 3.63) is 82.0 Å². The number of anilines is 3. The molecule has 4 N–H and O–H groups in total. The second kappa shape index (κ2) is 10.1. The minimum atomic E-state index is -0.482. The fourth-order valence-corrected chi connectivity index (χ4v) is 3.04. The Bertz CT molecular complexity index is 1160. The number of aliphatic imine (C=N–C) groups is 1. The van der Waals surface area contributed by atoms with Crippen LogP contribution in [0.15, 0.2) is 65.8 Å². The molecule has 0 saturated carbocycles. The molecule has 0 spiro atoms. The smallest absolute Gasteiger partial charge is 0.258 e. The minimum absolute atomic E-state index is 0.186. The Morgan fingerprint density at radius 2 is 1.66 bits per heavy atom. The summed E-state index contributed by atoms with van der Waals surface area (Å²) < 4.78 is 0. The van der Waals surface area contributed by atoms with Crippen molar-refractivity contribution in [2.45, 2.75) is 0 Å². The third kappa shape index (κ3) is 5.54. The molecule has 3 rings (SSSR count). The topological polar surface area (TPSA) is 113 Å². The van der Waals surface area contributed by atoms with Gasteiger partial charge in [0.1, 0.15) is 5.82 Å². The van der Waals surface area contributed by atoms with Gasteiger partial charge in [-0.1, -0.05) is 23.2 Å². The summed E-state index contributed by atoms with van der Waals surface area (Å²) in [6.45, 7) is 0. The molecule has 0 aliphatic rings. The molecule has 0 saturated heterocycles. The number of pyridine rings is 1. The summed E-state index contributed by atoms with van der Waals surface area (Å²) in [7, 11) is 3.36. The Balaban J connectivity index is 1.79. The molecule has 0 fully saturated rings. The van der Waals surface area contributed by atoms with Gasteiger partial charge in [-0.2, -0.15) is 0 Å². The number of aromatic nitrogens is 1. The number of rotatable bonds is 5. The lowest BCUT2D eigenvalue weighted by Gasteiger charge is -2.18. The summed E-state index contributed by atoms with van der Waals surface area (Å²) in [5, 5.41) is 6.20. The summed E-state index contributed by atoms with van der Waals surface area (Å²) in [6.07, 6.45) is 1.42. The number of hydrogen-bond donors (Lipinski definition) is 3. The first-order valence-corrected chi connectivity index (χ1v) is 10.1. The van der Waals surface area contributed by atoms with Crippen molar-refractivity contribution >= 4 is 58.2 Å². The van der Waals surface area contributed by atoms with Crippen LogP contribution in [0, 0.1) is 0 Å². The number of halogens is 2. The van der Waals surface area contributed by atoms with Crippen molar-refractivity contribution in [1.29, 1.82) is 0 Å². The number of nitrogens with two attached hydrogens (primary N) is 1. The molecule has 1 heterocycles. The number of carbonyl (C=O) groups is 2. The third-order valence-electron chi connectivity index (χ3n) is 4.53. The molecule has 1 aromatic heterocycles. The Morgan fingerprint density at radius 3 is 2.28 bits per heavy atom. The van der Waals surface area contributed by atoms with E-state index in [0.717, 1.165) is 5.69 Å². The van der Waals surface area contributed by atoms with Crippen LogP contribution in [0.5, 0.6) is 0 Å². The molecule has 0 unspecified atom stereocenters. The minimum Gasteiger partial charge on any atom is -0.370 e. The summed E-state index contributed by atoms with van der Waals surface area (Å²) in [6, 6.07) is 14.6. The van der Waals surface area contributed by atoms with E-state index in [0.29, 0.717) is 33.1 Å². The maximum Gasteiger partial charge on any atom is 0.258 e. The molecule has 3 aromatic rings. The van der Waals surface area contributed by atoms with E-state index < -0.39 is 11.8 Å². The van der Waals surface area contributed by atoms with Gasteiger partial charge in [0.15, 0.2) is 5.96 Å². The number of guanidine groups is 1. The Labute approximate surface area is 195 Å². The van der Waals surface area contributed by atoms with Crippen LogP contribution in [0.2, 0.25) is 10.0 Å². The molecule has 164 valence electrons. The van der Waals surface area contributed by atoms with Gasteiger partial charge in [-0.25, -0.2) is 4.98 Å². The highest BCUT2D eigenvalue weighted by atomic mass is 35.5. The van der Waals surface area contributed by atoms with Gasteiger partial charge >= 0.3 is 0 Å². The zero-order valence-electron chi connectivity index (χ0n) is 17.3. The van der Waals surface area contributed by atoms with Crippen molar-refractivity contribution < 1.29 is 9.59 Å². The standard InChI is InChI=1S/C22H20Cl2N6O2/c1-26-22(25)30(2)16-7-3-13(4-8-16)20(31)28-18-9-5-14(23)11-17(18)21(32)29-19-10-6-15(24)12-27-19/h3-12H,1-2H3,(H2,25,26)(H,28,31)(H,27,29,32). The molecule has 10 heteroatoms. The van der Waals surface area contributed by atoms with Crippen LogP contribution in [0.25, 0.3) is 0 Å². The molecule has 0 bridgehead atoms. The number of amides is 2. The Hall–Kier alpha value is -3.62. The van der Waals surface area contributed by atoms with Crippen LogP contribution in [0.1, 0.15) is 20.7 Å². The molecule has 32 heavy (non-hydrogen) atoms. The van der Waals surface area contributed by atoms with Crippen molar-refractivity contribution in [3.8, 4) is 0 Å². The number of carbonyl (C=O) groups excluding carboxylic acids is 2. The summed E-state index contributed by atoms with van der Waals surface area (Å²) in [5.74, 6) is -0.221. The van der Waals surface area contributed by atoms with E-state index in [1.807, 2.05) is 0 Å².